The minimum absolute atomic E-state index is 0.618. The van der Waals surface area contributed by atoms with Crippen LogP contribution in [0.15, 0.2) is 17.6 Å². The molecule has 0 radical (unpaired) electrons. The molecule has 100 valence electrons. The zero-order valence-corrected chi connectivity index (χ0v) is 12.2. The summed E-state index contributed by atoms with van der Waals surface area (Å²) in [6.45, 7) is 5.27. The number of hydrogen-bond donors (Lipinski definition) is 1. The van der Waals surface area contributed by atoms with E-state index in [-0.39, 0.29) is 0 Å². The van der Waals surface area contributed by atoms with Gasteiger partial charge in [-0.1, -0.05) is 37.9 Å². The zero-order chi connectivity index (χ0) is 12.8. The van der Waals surface area contributed by atoms with E-state index in [9.17, 15) is 0 Å². The molecule has 0 amide bonds. The lowest BCUT2D eigenvalue weighted by Gasteiger charge is -2.24. The summed E-state index contributed by atoms with van der Waals surface area (Å²) in [6.07, 6.45) is 10.4. The first-order valence-electron chi connectivity index (χ1n) is 6.98. The van der Waals surface area contributed by atoms with Crippen molar-refractivity contribution < 1.29 is 0 Å². The summed E-state index contributed by atoms with van der Waals surface area (Å²) in [5.41, 5.74) is 1.13. The summed E-state index contributed by atoms with van der Waals surface area (Å²) < 4.78 is 0. The van der Waals surface area contributed by atoms with Crippen molar-refractivity contribution in [3.05, 3.63) is 18.0 Å². The molecule has 4 heteroatoms. The van der Waals surface area contributed by atoms with Gasteiger partial charge in [-0.25, -0.2) is 9.97 Å². The van der Waals surface area contributed by atoms with Crippen molar-refractivity contribution in [3.63, 3.8) is 0 Å². The van der Waals surface area contributed by atoms with Gasteiger partial charge in [-0.3, -0.25) is 0 Å². The third-order valence-corrected chi connectivity index (χ3v) is 4.72. The number of rotatable bonds is 4. The number of nitrogens with zero attached hydrogens (tertiary/aromatic N) is 2. The summed E-state index contributed by atoms with van der Waals surface area (Å²) in [7, 11) is 0. The summed E-state index contributed by atoms with van der Waals surface area (Å²) in [5, 5.41) is 5.18. The highest BCUT2D eigenvalue weighted by atomic mass is 32.2. The molecule has 1 N–H and O–H groups in total. The molecule has 1 saturated carbocycles. The fraction of sp³-hybridized carbons (Fsp3) is 0.714. The molecule has 1 aromatic heterocycles. The van der Waals surface area contributed by atoms with Gasteiger partial charge in [-0.2, -0.15) is 0 Å². The number of aryl methyl sites for hydroxylation is 1. The molecule has 0 aliphatic heterocycles. The monoisotopic (exact) mass is 265 g/mol. The van der Waals surface area contributed by atoms with Crippen LogP contribution >= 0.6 is 11.8 Å². The first-order valence-corrected chi connectivity index (χ1v) is 7.86. The Kier molecular flexibility index (Phi) is 5.45. The lowest BCUT2D eigenvalue weighted by atomic mass is 10.1. The normalized spacial score (nSPS) is 24.8. The van der Waals surface area contributed by atoms with E-state index in [4.69, 9.17) is 0 Å². The van der Waals surface area contributed by atoms with Crippen LogP contribution in [0, 0.1) is 6.92 Å². The Balaban J connectivity index is 2.01. The molecule has 3 nitrogen and oxygen atoms in total. The van der Waals surface area contributed by atoms with Crippen LogP contribution < -0.4 is 5.32 Å². The Bertz CT molecular complexity index is 353. The Morgan fingerprint density at radius 3 is 2.67 bits per heavy atom. The maximum atomic E-state index is 4.42. The average molecular weight is 265 g/mol. The molecular weight excluding hydrogens is 242 g/mol. The number of nitrogens with one attached hydrogen (secondary N) is 1. The van der Waals surface area contributed by atoms with E-state index in [1.54, 1.807) is 0 Å². The van der Waals surface area contributed by atoms with E-state index in [2.05, 4.69) is 22.2 Å². The highest BCUT2D eigenvalue weighted by Crippen LogP contribution is 2.31. The molecule has 1 aliphatic rings. The topological polar surface area (TPSA) is 37.8 Å². The second-order valence-electron chi connectivity index (χ2n) is 5.00. The van der Waals surface area contributed by atoms with E-state index in [0.29, 0.717) is 11.3 Å². The maximum absolute atomic E-state index is 4.42. The number of hydrogen-bond acceptors (Lipinski definition) is 4. The Morgan fingerprint density at radius 1 is 1.22 bits per heavy atom. The van der Waals surface area contributed by atoms with Crippen LogP contribution in [-0.4, -0.2) is 27.8 Å². The highest BCUT2D eigenvalue weighted by molar-refractivity contribution is 7.99. The van der Waals surface area contributed by atoms with Gasteiger partial charge in [0.1, 0.15) is 0 Å². The van der Waals surface area contributed by atoms with Crippen LogP contribution in [0.25, 0.3) is 0 Å². The van der Waals surface area contributed by atoms with Crippen LogP contribution in [0.2, 0.25) is 0 Å². The molecule has 2 rings (SSSR count). The van der Waals surface area contributed by atoms with E-state index < -0.39 is 0 Å². The lowest BCUT2D eigenvalue weighted by Crippen LogP contribution is -2.37. The van der Waals surface area contributed by atoms with Crippen molar-refractivity contribution in [1.29, 1.82) is 0 Å². The first-order chi connectivity index (χ1) is 8.79. The minimum atomic E-state index is 0.618. The molecule has 2 atom stereocenters. The largest absolute Gasteiger partial charge is 0.313 e. The van der Waals surface area contributed by atoms with Gasteiger partial charge >= 0.3 is 0 Å². The number of thioether (sulfide) groups is 1. The summed E-state index contributed by atoms with van der Waals surface area (Å²) >= 11 is 1.85. The average Bonchev–Trinajstić information content (AvgIpc) is 2.59. The molecule has 1 heterocycles. The Labute approximate surface area is 114 Å². The zero-order valence-electron chi connectivity index (χ0n) is 11.4. The summed E-state index contributed by atoms with van der Waals surface area (Å²) in [5.74, 6) is 0. The van der Waals surface area contributed by atoms with Gasteiger partial charge in [-0.05, 0) is 31.9 Å². The van der Waals surface area contributed by atoms with E-state index in [0.717, 1.165) is 17.3 Å². The maximum Gasteiger partial charge on any atom is 0.187 e. The summed E-state index contributed by atoms with van der Waals surface area (Å²) in [6, 6.07) is 0.618. The highest BCUT2D eigenvalue weighted by Gasteiger charge is 2.24. The van der Waals surface area contributed by atoms with Crippen molar-refractivity contribution >= 4 is 11.8 Å². The van der Waals surface area contributed by atoms with E-state index in [1.807, 2.05) is 31.1 Å². The van der Waals surface area contributed by atoms with E-state index >= 15 is 0 Å². The third-order valence-electron chi connectivity index (χ3n) is 3.43. The third kappa shape index (κ3) is 3.95. The van der Waals surface area contributed by atoms with Crippen LogP contribution in [0.5, 0.6) is 0 Å². The van der Waals surface area contributed by atoms with Gasteiger partial charge in [0.25, 0.3) is 0 Å². The van der Waals surface area contributed by atoms with E-state index in [1.165, 1.54) is 32.1 Å². The molecule has 1 fully saturated rings. The van der Waals surface area contributed by atoms with Crippen molar-refractivity contribution in [3.8, 4) is 0 Å². The molecule has 2 unspecified atom stereocenters. The van der Waals surface area contributed by atoms with Crippen LogP contribution in [0.3, 0.4) is 0 Å². The molecule has 0 saturated heterocycles. The Morgan fingerprint density at radius 2 is 1.94 bits per heavy atom. The van der Waals surface area contributed by atoms with Crippen molar-refractivity contribution in [1.82, 2.24) is 15.3 Å². The summed E-state index contributed by atoms with van der Waals surface area (Å²) in [4.78, 5) is 8.84. The standard InChI is InChI=1S/C14H23N3S/c1-3-15-12-7-5-4-6-8-13(12)18-14-16-9-11(2)10-17-14/h9-10,12-13,15H,3-8H2,1-2H3. The van der Waals surface area contributed by atoms with Gasteiger partial charge in [0.05, 0.1) is 0 Å². The fourth-order valence-electron chi connectivity index (χ4n) is 2.49. The predicted molar refractivity (Wildman–Crippen MR) is 77.0 cm³/mol. The molecule has 0 bridgehead atoms. The Hall–Kier alpha value is -0.610. The quantitative estimate of drug-likeness (QED) is 0.670. The van der Waals surface area contributed by atoms with Gasteiger partial charge in [0.15, 0.2) is 5.16 Å². The second kappa shape index (κ2) is 7.10. The fourth-order valence-corrected chi connectivity index (χ4v) is 3.67. The van der Waals surface area contributed by atoms with Gasteiger partial charge < -0.3 is 5.32 Å². The van der Waals surface area contributed by atoms with Crippen LogP contribution in [-0.2, 0) is 0 Å². The van der Waals surface area contributed by atoms with Crippen molar-refractivity contribution in [2.24, 2.45) is 0 Å². The molecule has 1 aliphatic carbocycles. The number of aromatic nitrogens is 2. The minimum Gasteiger partial charge on any atom is -0.313 e. The molecule has 18 heavy (non-hydrogen) atoms. The molecule has 0 spiro atoms. The van der Waals surface area contributed by atoms with Gasteiger partial charge in [-0.15, -0.1) is 0 Å². The molecular formula is C14H23N3S. The van der Waals surface area contributed by atoms with Crippen LogP contribution in [0.4, 0.5) is 0 Å². The SMILES string of the molecule is CCNC1CCCCCC1Sc1ncc(C)cn1. The van der Waals surface area contributed by atoms with Crippen molar-refractivity contribution in [2.75, 3.05) is 6.54 Å². The second-order valence-corrected chi connectivity index (χ2v) is 6.21. The van der Waals surface area contributed by atoms with Crippen LogP contribution in [0.1, 0.15) is 44.6 Å². The lowest BCUT2D eigenvalue weighted by molar-refractivity contribution is 0.482. The molecule has 1 aromatic rings. The van der Waals surface area contributed by atoms with Gasteiger partial charge in [0, 0.05) is 23.7 Å². The van der Waals surface area contributed by atoms with Gasteiger partial charge in [0.2, 0.25) is 0 Å². The predicted octanol–water partition coefficient (Wildman–Crippen LogP) is 3.19. The van der Waals surface area contributed by atoms with Crippen molar-refractivity contribution in [2.45, 2.75) is 62.4 Å². The first kappa shape index (κ1) is 13.8. The molecule has 0 aromatic carbocycles. The smallest absolute Gasteiger partial charge is 0.187 e.